The molecule has 166 valence electrons. The summed E-state index contributed by atoms with van der Waals surface area (Å²) in [5.41, 5.74) is 0.282. The molecule has 2 aliphatic rings. The molecule has 0 radical (unpaired) electrons. The van der Waals surface area contributed by atoms with Crippen molar-refractivity contribution in [2.24, 2.45) is 0 Å². The summed E-state index contributed by atoms with van der Waals surface area (Å²) >= 11 is 6.19. The topological polar surface area (TPSA) is 90.0 Å². The lowest BCUT2D eigenvalue weighted by atomic mass is 10.2. The number of anilines is 1. The van der Waals surface area contributed by atoms with Crippen LogP contribution in [0, 0.1) is 0 Å². The van der Waals surface area contributed by atoms with Crippen molar-refractivity contribution < 1.29 is 18.0 Å². The summed E-state index contributed by atoms with van der Waals surface area (Å²) in [6, 6.07) is 4.19. The molecule has 0 spiro atoms. The maximum absolute atomic E-state index is 12.8. The third-order valence-corrected chi connectivity index (χ3v) is 7.85. The monoisotopic (exact) mass is 456 g/mol. The van der Waals surface area contributed by atoms with Gasteiger partial charge in [0, 0.05) is 40.2 Å². The summed E-state index contributed by atoms with van der Waals surface area (Å²) in [4.78, 5) is 28.5. The van der Waals surface area contributed by atoms with Crippen LogP contribution in [0.1, 0.15) is 32.1 Å². The Bertz CT molecular complexity index is 900. The Morgan fingerprint density at radius 2 is 1.87 bits per heavy atom. The van der Waals surface area contributed by atoms with E-state index in [9.17, 15) is 18.0 Å². The van der Waals surface area contributed by atoms with Gasteiger partial charge in [0.2, 0.25) is 21.8 Å². The van der Waals surface area contributed by atoms with E-state index in [0.29, 0.717) is 19.6 Å². The van der Waals surface area contributed by atoms with E-state index < -0.39 is 10.0 Å². The first-order chi connectivity index (χ1) is 14.2. The maximum Gasteiger partial charge on any atom is 0.243 e. The van der Waals surface area contributed by atoms with Gasteiger partial charge in [-0.1, -0.05) is 11.6 Å². The molecule has 8 nitrogen and oxygen atoms in total. The average molecular weight is 457 g/mol. The van der Waals surface area contributed by atoms with Gasteiger partial charge < -0.3 is 10.2 Å². The molecule has 2 fully saturated rings. The second-order valence-electron chi connectivity index (χ2n) is 7.98. The highest BCUT2D eigenvalue weighted by Crippen LogP contribution is 2.28. The van der Waals surface area contributed by atoms with Crippen molar-refractivity contribution in [3.8, 4) is 0 Å². The summed E-state index contributed by atoms with van der Waals surface area (Å²) in [5, 5.41) is 3.01. The Balaban J connectivity index is 1.63. The molecular formula is C20H29ClN4O4S. The number of amides is 2. The number of hydrogen-bond acceptors (Lipinski definition) is 5. The van der Waals surface area contributed by atoms with Crippen LogP contribution in [0.3, 0.4) is 0 Å². The summed E-state index contributed by atoms with van der Waals surface area (Å²) in [7, 11) is -0.125. The Morgan fingerprint density at radius 3 is 2.53 bits per heavy atom. The van der Waals surface area contributed by atoms with Gasteiger partial charge in [-0.3, -0.25) is 14.5 Å². The first-order valence-corrected chi connectivity index (χ1v) is 12.1. The van der Waals surface area contributed by atoms with Crippen molar-refractivity contribution in [3.05, 3.63) is 23.2 Å². The number of nitrogens with one attached hydrogen (secondary N) is 1. The van der Waals surface area contributed by atoms with E-state index >= 15 is 0 Å². The number of carbonyl (C=O) groups is 2. The predicted octanol–water partition coefficient (Wildman–Crippen LogP) is 2.01. The molecule has 1 aromatic rings. The van der Waals surface area contributed by atoms with Gasteiger partial charge in [-0.15, -0.1) is 0 Å². The average Bonchev–Trinajstić information content (AvgIpc) is 3.39. The third-order valence-electron chi connectivity index (χ3n) is 5.63. The number of carbonyl (C=O) groups excluding carboxylic acids is 2. The van der Waals surface area contributed by atoms with E-state index in [4.69, 9.17) is 11.6 Å². The van der Waals surface area contributed by atoms with Gasteiger partial charge in [0.25, 0.3) is 0 Å². The third kappa shape index (κ3) is 5.14. The highest BCUT2D eigenvalue weighted by atomic mass is 35.5. The molecule has 2 amide bonds. The molecule has 0 aliphatic carbocycles. The molecule has 0 saturated carbocycles. The number of nitrogens with zero attached hydrogens (tertiary/aromatic N) is 3. The normalized spacial score (nSPS) is 20.4. The van der Waals surface area contributed by atoms with Gasteiger partial charge >= 0.3 is 0 Å². The van der Waals surface area contributed by atoms with E-state index in [2.05, 4.69) is 5.32 Å². The lowest BCUT2D eigenvalue weighted by molar-refractivity contribution is -0.133. The molecule has 0 aromatic heterocycles. The van der Waals surface area contributed by atoms with Gasteiger partial charge in [-0.05, 0) is 50.4 Å². The quantitative estimate of drug-likeness (QED) is 0.677. The number of hydrogen-bond donors (Lipinski definition) is 1. The highest BCUT2D eigenvalue weighted by molar-refractivity contribution is 7.89. The zero-order valence-electron chi connectivity index (χ0n) is 17.4. The summed E-state index contributed by atoms with van der Waals surface area (Å²) in [5.74, 6) is -0.216. The van der Waals surface area contributed by atoms with Crippen LogP contribution >= 0.6 is 11.6 Å². The minimum Gasteiger partial charge on any atom is -0.347 e. The molecule has 2 aliphatic heterocycles. The summed E-state index contributed by atoms with van der Waals surface area (Å²) < 4.78 is 27.0. The summed E-state index contributed by atoms with van der Waals surface area (Å²) in [6.45, 7) is 2.26. The lowest BCUT2D eigenvalue weighted by Crippen LogP contribution is -2.43. The van der Waals surface area contributed by atoms with Crippen molar-refractivity contribution in [1.29, 1.82) is 0 Å². The van der Waals surface area contributed by atoms with Crippen molar-refractivity contribution in [2.45, 2.75) is 43.0 Å². The second-order valence-corrected chi connectivity index (χ2v) is 10.3. The first kappa shape index (κ1) is 23.0. The van der Waals surface area contributed by atoms with E-state index in [0.717, 1.165) is 32.2 Å². The number of rotatable bonds is 7. The zero-order chi connectivity index (χ0) is 21.9. The first-order valence-electron chi connectivity index (χ1n) is 10.2. The minimum atomic E-state index is -3.59. The van der Waals surface area contributed by atoms with Gasteiger partial charge in [0.15, 0.2) is 0 Å². The minimum absolute atomic E-state index is 0.0516. The molecule has 10 heteroatoms. The molecular weight excluding hydrogens is 428 g/mol. The lowest BCUT2D eigenvalue weighted by Gasteiger charge is -2.25. The standard InChI is InChI=1S/C20H29ClN4O4S/c1-23(2)20(27)18-6-5-10-24(18)13-9-19(26)22-17-14-15(7-8-16(17)21)30(28,29)25-11-3-4-12-25/h7-8,14,18H,3-6,9-13H2,1-2H3,(H,22,26). The van der Waals surface area contributed by atoms with Crippen LogP contribution in [0.5, 0.6) is 0 Å². The number of sulfonamides is 1. The maximum atomic E-state index is 12.8. The Morgan fingerprint density at radius 1 is 1.17 bits per heavy atom. The molecule has 1 unspecified atom stereocenters. The van der Waals surface area contributed by atoms with Crippen LogP contribution in [0.4, 0.5) is 5.69 Å². The van der Waals surface area contributed by atoms with E-state index in [1.54, 1.807) is 19.0 Å². The van der Waals surface area contributed by atoms with Crippen molar-refractivity contribution in [2.75, 3.05) is 45.6 Å². The van der Waals surface area contributed by atoms with Crippen molar-refractivity contribution >= 4 is 39.1 Å². The fourth-order valence-electron chi connectivity index (χ4n) is 3.97. The molecule has 1 aromatic carbocycles. The highest BCUT2D eigenvalue weighted by Gasteiger charge is 2.32. The van der Waals surface area contributed by atoms with Crippen LogP contribution in [0.15, 0.2) is 23.1 Å². The van der Waals surface area contributed by atoms with Crippen LogP contribution in [0.2, 0.25) is 5.02 Å². The van der Waals surface area contributed by atoms with Gasteiger partial charge in [0.1, 0.15) is 0 Å². The molecule has 30 heavy (non-hydrogen) atoms. The molecule has 1 atom stereocenters. The Labute approximate surface area is 183 Å². The number of likely N-dealkylation sites (N-methyl/N-ethyl adjacent to an activating group) is 1. The van der Waals surface area contributed by atoms with Crippen LogP contribution in [-0.2, 0) is 19.6 Å². The molecule has 0 bridgehead atoms. The Kier molecular flexibility index (Phi) is 7.38. The predicted molar refractivity (Wildman–Crippen MR) is 116 cm³/mol. The smallest absolute Gasteiger partial charge is 0.243 e. The van der Waals surface area contributed by atoms with Crippen molar-refractivity contribution in [3.63, 3.8) is 0 Å². The van der Waals surface area contributed by atoms with Crippen LogP contribution < -0.4 is 5.32 Å². The molecule has 1 N–H and O–H groups in total. The van der Waals surface area contributed by atoms with Gasteiger partial charge in [0.05, 0.1) is 21.6 Å². The molecule has 2 saturated heterocycles. The van der Waals surface area contributed by atoms with Gasteiger partial charge in [-0.2, -0.15) is 4.31 Å². The Hall–Kier alpha value is -1.68. The van der Waals surface area contributed by atoms with Crippen LogP contribution in [-0.4, -0.2) is 80.7 Å². The summed E-state index contributed by atoms with van der Waals surface area (Å²) in [6.07, 6.45) is 3.61. The van der Waals surface area contributed by atoms with Crippen molar-refractivity contribution in [1.82, 2.24) is 14.1 Å². The molecule has 2 heterocycles. The second kappa shape index (κ2) is 9.64. The van der Waals surface area contributed by atoms with E-state index in [1.165, 1.54) is 22.5 Å². The van der Waals surface area contributed by atoms with Gasteiger partial charge in [-0.25, -0.2) is 8.42 Å². The van der Waals surface area contributed by atoms with E-state index in [-0.39, 0.29) is 39.9 Å². The number of halogens is 1. The number of likely N-dealkylation sites (tertiary alicyclic amines) is 1. The fourth-order valence-corrected chi connectivity index (χ4v) is 5.68. The zero-order valence-corrected chi connectivity index (χ0v) is 19.0. The number of benzene rings is 1. The molecule has 3 rings (SSSR count). The SMILES string of the molecule is CN(C)C(=O)C1CCCN1CCC(=O)Nc1cc(S(=O)(=O)N2CCCC2)ccc1Cl. The van der Waals surface area contributed by atoms with E-state index in [1.807, 2.05) is 4.90 Å². The van der Waals surface area contributed by atoms with Crippen LogP contribution in [0.25, 0.3) is 0 Å². The fraction of sp³-hybridized carbons (Fsp3) is 0.600. The largest absolute Gasteiger partial charge is 0.347 e.